The summed E-state index contributed by atoms with van der Waals surface area (Å²) in [5, 5.41) is 0. The summed E-state index contributed by atoms with van der Waals surface area (Å²) in [7, 11) is 1.38. The number of esters is 1. The van der Waals surface area contributed by atoms with Crippen LogP contribution in [0, 0.1) is 11.8 Å². The van der Waals surface area contributed by atoms with E-state index in [-0.39, 0.29) is 23.8 Å². The molecule has 1 saturated carbocycles. The minimum Gasteiger partial charge on any atom is -0.469 e. The average molecular weight is 201 g/mol. The Morgan fingerprint density at radius 3 is 1.86 bits per heavy atom. The van der Waals surface area contributed by atoms with Crippen molar-refractivity contribution in [1.82, 2.24) is 0 Å². The van der Waals surface area contributed by atoms with Crippen molar-refractivity contribution in [3.8, 4) is 0 Å². The van der Waals surface area contributed by atoms with Gasteiger partial charge in [-0.15, -0.1) is 0 Å². The third-order valence-electron chi connectivity index (χ3n) is 2.71. The van der Waals surface area contributed by atoms with E-state index in [1.807, 2.05) is 0 Å². The van der Waals surface area contributed by atoms with Crippen LogP contribution in [0.3, 0.4) is 0 Å². The minimum absolute atomic E-state index is 0.0678. The molecule has 0 aliphatic heterocycles. The molecule has 0 amide bonds. The Balaban J connectivity index is 2.38. The monoisotopic (exact) mass is 201 g/mol. The smallest absolute Gasteiger partial charge is 0.327 e. The SMILES string of the molecule is COC(=O)C1CCC(C(=O)ON)CC1. The summed E-state index contributed by atoms with van der Waals surface area (Å²) in [6.45, 7) is 0. The maximum Gasteiger partial charge on any atom is 0.327 e. The largest absolute Gasteiger partial charge is 0.469 e. The standard InChI is InChI=1S/C9H15NO4/c1-13-8(11)6-2-4-7(5-3-6)9(12)14-10/h6-7H,2-5,10H2,1H3. The Kier molecular flexibility index (Phi) is 3.88. The van der Waals surface area contributed by atoms with Gasteiger partial charge in [-0.05, 0) is 25.7 Å². The number of hydrogen-bond donors (Lipinski definition) is 1. The van der Waals surface area contributed by atoms with E-state index < -0.39 is 0 Å². The fraction of sp³-hybridized carbons (Fsp3) is 0.778. The zero-order valence-electron chi connectivity index (χ0n) is 8.19. The molecular formula is C9H15NO4. The van der Waals surface area contributed by atoms with Crippen LogP contribution in [0.4, 0.5) is 0 Å². The Bertz CT molecular complexity index is 197. The Morgan fingerprint density at radius 2 is 1.50 bits per heavy atom. The first-order valence-electron chi connectivity index (χ1n) is 4.67. The van der Waals surface area contributed by atoms with Crippen LogP contribution >= 0.6 is 0 Å². The number of carbonyl (C=O) groups is 2. The maximum atomic E-state index is 11.1. The van der Waals surface area contributed by atoms with Gasteiger partial charge in [0.2, 0.25) is 0 Å². The molecule has 0 aromatic heterocycles. The maximum absolute atomic E-state index is 11.1. The highest BCUT2D eigenvalue weighted by Crippen LogP contribution is 2.29. The van der Waals surface area contributed by atoms with E-state index in [0.29, 0.717) is 25.7 Å². The molecule has 0 heterocycles. The van der Waals surface area contributed by atoms with Gasteiger partial charge >= 0.3 is 11.9 Å². The predicted molar refractivity (Wildman–Crippen MR) is 47.7 cm³/mol. The van der Waals surface area contributed by atoms with Crippen molar-refractivity contribution < 1.29 is 19.2 Å². The van der Waals surface area contributed by atoms with E-state index in [1.54, 1.807) is 0 Å². The summed E-state index contributed by atoms with van der Waals surface area (Å²) < 4.78 is 4.63. The number of rotatable bonds is 2. The molecule has 0 radical (unpaired) electrons. The van der Waals surface area contributed by atoms with Crippen molar-refractivity contribution in [2.45, 2.75) is 25.7 Å². The zero-order chi connectivity index (χ0) is 10.6. The van der Waals surface area contributed by atoms with Gasteiger partial charge in [0, 0.05) is 0 Å². The minimum atomic E-state index is -0.381. The highest BCUT2D eigenvalue weighted by molar-refractivity contribution is 5.74. The number of hydrogen-bond acceptors (Lipinski definition) is 5. The van der Waals surface area contributed by atoms with Gasteiger partial charge in [-0.25, -0.2) is 0 Å². The second-order valence-corrected chi connectivity index (χ2v) is 3.51. The van der Waals surface area contributed by atoms with Crippen LogP contribution in [-0.2, 0) is 19.2 Å². The molecule has 1 aliphatic rings. The third-order valence-corrected chi connectivity index (χ3v) is 2.71. The van der Waals surface area contributed by atoms with Crippen LogP contribution in [0.1, 0.15) is 25.7 Å². The van der Waals surface area contributed by atoms with Crippen LogP contribution < -0.4 is 5.90 Å². The lowest BCUT2D eigenvalue weighted by molar-refractivity contribution is -0.154. The van der Waals surface area contributed by atoms with E-state index in [9.17, 15) is 9.59 Å². The van der Waals surface area contributed by atoms with Gasteiger partial charge in [-0.1, -0.05) is 0 Å². The van der Waals surface area contributed by atoms with Gasteiger partial charge in [0.25, 0.3) is 0 Å². The van der Waals surface area contributed by atoms with E-state index in [2.05, 4.69) is 9.57 Å². The fourth-order valence-corrected chi connectivity index (χ4v) is 1.83. The fourth-order valence-electron chi connectivity index (χ4n) is 1.83. The van der Waals surface area contributed by atoms with Gasteiger partial charge in [0.15, 0.2) is 0 Å². The van der Waals surface area contributed by atoms with Crippen molar-refractivity contribution in [3.05, 3.63) is 0 Å². The van der Waals surface area contributed by atoms with E-state index in [4.69, 9.17) is 5.90 Å². The summed E-state index contributed by atoms with van der Waals surface area (Å²) in [5.74, 6) is 3.99. The summed E-state index contributed by atoms with van der Waals surface area (Å²) >= 11 is 0. The highest BCUT2D eigenvalue weighted by Gasteiger charge is 2.30. The first-order valence-corrected chi connectivity index (χ1v) is 4.67. The van der Waals surface area contributed by atoms with Crippen LogP contribution in [0.5, 0.6) is 0 Å². The van der Waals surface area contributed by atoms with Gasteiger partial charge in [-0.3, -0.25) is 9.59 Å². The molecule has 0 aromatic carbocycles. The number of carbonyl (C=O) groups excluding carboxylic acids is 2. The van der Waals surface area contributed by atoms with Crippen molar-refractivity contribution in [3.63, 3.8) is 0 Å². The first kappa shape index (κ1) is 11.0. The highest BCUT2D eigenvalue weighted by atomic mass is 16.7. The number of ether oxygens (including phenoxy) is 1. The topological polar surface area (TPSA) is 78.6 Å². The summed E-state index contributed by atoms with van der Waals surface area (Å²) in [4.78, 5) is 26.4. The second kappa shape index (κ2) is 4.95. The molecule has 1 fully saturated rings. The molecule has 0 aromatic rings. The van der Waals surface area contributed by atoms with Gasteiger partial charge in [0.05, 0.1) is 18.9 Å². The Hall–Kier alpha value is -1.10. The molecule has 2 N–H and O–H groups in total. The summed E-state index contributed by atoms with van der Waals surface area (Å²) in [6.07, 6.45) is 2.64. The van der Waals surface area contributed by atoms with Crippen LogP contribution in [0.25, 0.3) is 0 Å². The van der Waals surface area contributed by atoms with Crippen molar-refractivity contribution in [1.29, 1.82) is 0 Å². The van der Waals surface area contributed by atoms with Crippen LogP contribution in [0.15, 0.2) is 0 Å². The predicted octanol–water partition coefficient (Wildman–Crippen LogP) is 0.383. The van der Waals surface area contributed by atoms with Crippen molar-refractivity contribution >= 4 is 11.9 Å². The molecule has 1 rings (SSSR count). The molecule has 5 heteroatoms. The first-order chi connectivity index (χ1) is 6.69. The lowest BCUT2D eigenvalue weighted by Crippen LogP contribution is -2.28. The molecule has 14 heavy (non-hydrogen) atoms. The molecule has 0 saturated heterocycles. The van der Waals surface area contributed by atoms with Crippen LogP contribution in [-0.4, -0.2) is 19.0 Å². The van der Waals surface area contributed by atoms with Crippen molar-refractivity contribution in [2.24, 2.45) is 17.7 Å². The molecule has 0 spiro atoms. The molecule has 5 nitrogen and oxygen atoms in total. The van der Waals surface area contributed by atoms with Gasteiger partial charge < -0.3 is 9.57 Å². The Labute approximate surface area is 82.5 Å². The number of methoxy groups -OCH3 is 1. The van der Waals surface area contributed by atoms with Gasteiger partial charge in [-0.2, -0.15) is 5.90 Å². The van der Waals surface area contributed by atoms with Crippen LogP contribution in [0.2, 0.25) is 0 Å². The lowest BCUT2D eigenvalue weighted by atomic mass is 9.82. The second-order valence-electron chi connectivity index (χ2n) is 3.51. The molecule has 0 atom stereocenters. The molecule has 1 aliphatic carbocycles. The summed E-state index contributed by atoms with van der Waals surface area (Å²) in [6, 6.07) is 0. The molecule has 0 unspecified atom stereocenters. The zero-order valence-corrected chi connectivity index (χ0v) is 8.19. The lowest BCUT2D eigenvalue weighted by Gasteiger charge is -2.24. The normalized spacial score (nSPS) is 26.7. The molecular weight excluding hydrogens is 186 g/mol. The van der Waals surface area contributed by atoms with Gasteiger partial charge in [0.1, 0.15) is 0 Å². The summed E-state index contributed by atoms with van der Waals surface area (Å²) in [5.41, 5.74) is 0. The third kappa shape index (κ3) is 2.45. The van der Waals surface area contributed by atoms with E-state index in [1.165, 1.54) is 7.11 Å². The molecule has 80 valence electrons. The average Bonchev–Trinajstić information content (AvgIpc) is 2.27. The molecule has 0 bridgehead atoms. The quantitative estimate of drug-likeness (QED) is 0.516. The Morgan fingerprint density at radius 1 is 1.07 bits per heavy atom. The van der Waals surface area contributed by atoms with Crippen molar-refractivity contribution in [2.75, 3.05) is 7.11 Å². The number of nitrogens with two attached hydrogens (primary N) is 1. The van der Waals surface area contributed by atoms with E-state index >= 15 is 0 Å². The van der Waals surface area contributed by atoms with E-state index in [0.717, 1.165) is 0 Å².